The summed E-state index contributed by atoms with van der Waals surface area (Å²) in [5.41, 5.74) is 0.316. The Labute approximate surface area is 118 Å². The molecule has 0 aliphatic heterocycles. The predicted octanol–water partition coefficient (Wildman–Crippen LogP) is 3.22. The SMILES string of the molecule is Fc1ccccc1-c1n[nH]c(=S)n1/N=C/c1ccco1. The molecule has 0 saturated heterocycles. The zero-order chi connectivity index (χ0) is 13.9. The van der Waals surface area contributed by atoms with Gasteiger partial charge in [-0.3, -0.25) is 0 Å². The van der Waals surface area contributed by atoms with E-state index in [1.54, 1.807) is 30.3 Å². The molecule has 0 bridgehead atoms. The molecule has 3 aromatic rings. The van der Waals surface area contributed by atoms with Gasteiger partial charge < -0.3 is 4.42 Å². The highest BCUT2D eigenvalue weighted by Crippen LogP contribution is 2.20. The third-order valence-corrected chi connectivity index (χ3v) is 2.87. The molecule has 0 fully saturated rings. The van der Waals surface area contributed by atoms with E-state index >= 15 is 0 Å². The van der Waals surface area contributed by atoms with Gasteiger partial charge in [-0.1, -0.05) is 12.1 Å². The number of aromatic amines is 1. The van der Waals surface area contributed by atoms with Crippen LogP contribution in [0, 0.1) is 10.6 Å². The van der Waals surface area contributed by atoms with Crippen LogP contribution in [-0.4, -0.2) is 21.1 Å². The van der Waals surface area contributed by atoms with E-state index in [2.05, 4.69) is 15.3 Å². The minimum absolute atomic E-state index is 0.269. The number of nitrogens with one attached hydrogen (secondary N) is 1. The van der Waals surface area contributed by atoms with Gasteiger partial charge in [0.05, 0.1) is 18.0 Å². The maximum atomic E-state index is 13.8. The number of H-pyrrole nitrogens is 1. The summed E-state index contributed by atoms with van der Waals surface area (Å²) in [6.07, 6.45) is 3.02. The van der Waals surface area contributed by atoms with Gasteiger partial charge in [-0.25, -0.2) is 9.49 Å². The second-order valence-corrected chi connectivity index (χ2v) is 4.29. The number of benzene rings is 1. The Morgan fingerprint density at radius 3 is 2.90 bits per heavy atom. The summed E-state index contributed by atoms with van der Waals surface area (Å²) < 4.78 is 20.6. The van der Waals surface area contributed by atoms with Crippen LogP contribution in [0.25, 0.3) is 11.4 Å². The van der Waals surface area contributed by atoms with Gasteiger partial charge in [0, 0.05) is 0 Å². The van der Waals surface area contributed by atoms with Gasteiger partial charge in [0.15, 0.2) is 5.82 Å². The third kappa shape index (κ3) is 2.30. The van der Waals surface area contributed by atoms with Crippen LogP contribution < -0.4 is 0 Å². The summed E-state index contributed by atoms with van der Waals surface area (Å²) in [5.74, 6) is 0.472. The molecule has 0 aliphatic carbocycles. The quantitative estimate of drug-likeness (QED) is 0.594. The van der Waals surface area contributed by atoms with Crippen LogP contribution in [0.1, 0.15) is 5.76 Å². The molecule has 0 aliphatic rings. The molecule has 0 amide bonds. The molecule has 0 atom stereocenters. The van der Waals surface area contributed by atoms with E-state index in [1.165, 1.54) is 23.2 Å². The Morgan fingerprint density at radius 2 is 2.15 bits per heavy atom. The summed E-state index contributed by atoms with van der Waals surface area (Å²) >= 11 is 5.09. The normalized spacial score (nSPS) is 11.2. The van der Waals surface area contributed by atoms with Crippen molar-refractivity contribution in [3.8, 4) is 11.4 Å². The molecule has 0 unspecified atom stereocenters. The molecule has 1 aromatic carbocycles. The monoisotopic (exact) mass is 288 g/mol. The highest BCUT2D eigenvalue weighted by atomic mass is 32.1. The van der Waals surface area contributed by atoms with Gasteiger partial charge in [-0.05, 0) is 36.5 Å². The van der Waals surface area contributed by atoms with Crippen molar-refractivity contribution in [3.05, 3.63) is 59.0 Å². The van der Waals surface area contributed by atoms with Crippen molar-refractivity contribution in [2.45, 2.75) is 0 Å². The summed E-state index contributed by atoms with van der Waals surface area (Å²) in [4.78, 5) is 0. The number of aromatic nitrogens is 3. The number of halogens is 1. The van der Waals surface area contributed by atoms with E-state index in [9.17, 15) is 4.39 Å². The topological polar surface area (TPSA) is 59.1 Å². The second-order valence-electron chi connectivity index (χ2n) is 3.90. The van der Waals surface area contributed by atoms with E-state index in [4.69, 9.17) is 16.6 Å². The Hall–Kier alpha value is -2.54. The molecule has 2 heterocycles. The Morgan fingerprint density at radius 1 is 1.30 bits per heavy atom. The van der Waals surface area contributed by atoms with E-state index in [1.807, 2.05) is 0 Å². The van der Waals surface area contributed by atoms with Crippen LogP contribution >= 0.6 is 12.2 Å². The average molecular weight is 288 g/mol. The molecule has 0 radical (unpaired) electrons. The lowest BCUT2D eigenvalue weighted by molar-refractivity contribution is 0.559. The fourth-order valence-electron chi connectivity index (χ4n) is 1.70. The Kier molecular flexibility index (Phi) is 3.26. The predicted molar refractivity (Wildman–Crippen MR) is 74.5 cm³/mol. The molecule has 3 rings (SSSR count). The van der Waals surface area contributed by atoms with Gasteiger partial charge in [0.2, 0.25) is 4.77 Å². The lowest BCUT2D eigenvalue weighted by Gasteiger charge is -2.01. The third-order valence-electron chi connectivity index (χ3n) is 2.61. The molecule has 20 heavy (non-hydrogen) atoms. The number of nitrogens with zero attached hydrogens (tertiary/aromatic N) is 3. The molecule has 5 nitrogen and oxygen atoms in total. The van der Waals surface area contributed by atoms with Crippen LogP contribution in [0.5, 0.6) is 0 Å². The van der Waals surface area contributed by atoms with Crippen molar-refractivity contribution in [3.63, 3.8) is 0 Å². The van der Waals surface area contributed by atoms with Crippen molar-refractivity contribution in [1.82, 2.24) is 14.9 Å². The number of rotatable bonds is 3. The summed E-state index contributed by atoms with van der Waals surface area (Å²) in [6.45, 7) is 0. The first-order valence-corrected chi connectivity index (χ1v) is 6.17. The van der Waals surface area contributed by atoms with Crippen LogP contribution in [0.15, 0.2) is 52.2 Å². The number of hydrogen-bond donors (Lipinski definition) is 1. The van der Waals surface area contributed by atoms with Gasteiger partial charge in [-0.2, -0.15) is 14.9 Å². The first-order chi connectivity index (χ1) is 9.75. The molecular weight excluding hydrogens is 279 g/mol. The van der Waals surface area contributed by atoms with Crippen LogP contribution in [-0.2, 0) is 0 Å². The van der Waals surface area contributed by atoms with E-state index < -0.39 is 5.82 Å². The van der Waals surface area contributed by atoms with Crippen LogP contribution in [0.2, 0.25) is 0 Å². The largest absolute Gasteiger partial charge is 0.463 e. The minimum Gasteiger partial charge on any atom is -0.463 e. The lowest BCUT2D eigenvalue weighted by atomic mass is 10.2. The fourth-order valence-corrected chi connectivity index (χ4v) is 1.87. The van der Waals surface area contributed by atoms with E-state index in [-0.39, 0.29) is 4.77 Å². The highest BCUT2D eigenvalue weighted by molar-refractivity contribution is 7.71. The smallest absolute Gasteiger partial charge is 0.216 e. The lowest BCUT2D eigenvalue weighted by Crippen LogP contribution is -1.96. The maximum absolute atomic E-state index is 13.8. The number of hydrogen-bond acceptors (Lipinski definition) is 4. The molecular formula is C13H9FN4OS. The Balaban J connectivity index is 2.07. The molecule has 0 saturated carbocycles. The van der Waals surface area contributed by atoms with Gasteiger partial charge >= 0.3 is 0 Å². The van der Waals surface area contributed by atoms with Gasteiger partial charge in [0.25, 0.3) is 0 Å². The first-order valence-electron chi connectivity index (χ1n) is 5.76. The van der Waals surface area contributed by atoms with Crippen molar-refractivity contribution >= 4 is 18.4 Å². The zero-order valence-electron chi connectivity index (χ0n) is 10.2. The number of furan rings is 1. The fraction of sp³-hybridized carbons (Fsp3) is 0. The second kappa shape index (κ2) is 5.22. The molecule has 2 aromatic heterocycles. The first kappa shape index (κ1) is 12.5. The van der Waals surface area contributed by atoms with Gasteiger partial charge in [0.1, 0.15) is 11.6 Å². The maximum Gasteiger partial charge on any atom is 0.216 e. The molecule has 7 heteroatoms. The van der Waals surface area contributed by atoms with Crippen molar-refractivity contribution < 1.29 is 8.81 Å². The highest BCUT2D eigenvalue weighted by Gasteiger charge is 2.12. The molecule has 100 valence electrons. The van der Waals surface area contributed by atoms with Crippen LogP contribution in [0.3, 0.4) is 0 Å². The molecule has 0 spiro atoms. The zero-order valence-corrected chi connectivity index (χ0v) is 11.0. The summed E-state index contributed by atoms with van der Waals surface area (Å²) in [7, 11) is 0. The van der Waals surface area contributed by atoms with Gasteiger partial charge in [-0.15, -0.1) is 0 Å². The minimum atomic E-state index is -0.393. The van der Waals surface area contributed by atoms with Crippen LogP contribution in [0.4, 0.5) is 4.39 Å². The summed E-state index contributed by atoms with van der Waals surface area (Å²) in [6, 6.07) is 9.78. The average Bonchev–Trinajstić information content (AvgIpc) is 3.07. The van der Waals surface area contributed by atoms with E-state index in [0.29, 0.717) is 17.1 Å². The van der Waals surface area contributed by atoms with Crippen molar-refractivity contribution in [1.29, 1.82) is 0 Å². The summed E-state index contributed by atoms with van der Waals surface area (Å²) in [5, 5.41) is 10.8. The Bertz CT molecular complexity index is 804. The van der Waals surface area contributed by atoms with Crippen molar-refractivity contribution in [2.24, 2.45) is 5.10 Å². The standard InChI is InChI=1S/C13H9FN4OS/c14-11-6-2-1-5-10(11)12-16-17-13(20)18(12)15-8-9-4-3-7-19-9/h1-8H,(H,17,20)/b15-8+. The van der Waals surface area contributed by atoms with Crippen molar-refractivity contribution in [2.75, 3.05) is 0 Å². The van der Waals surface area contributed by atoms with E-state index in [0.717, 1.165) is 0 Å². The molecule has 1 N–H and O–H groups in total.